The first kappa shape index (κ1) is 10.3. The van der Waals surface area contributed by atoms with Gasteiger partial charge in [0.05, 0.1) is 0 Å². The van der Waals surface area contributed by atoms with Crippen molar-refractivity contribution >= 4 is 16.4 Å². The van der Waals surface area contributed by atoms with Gasteiger partial charge >= 0.3 is 0 Å². The molecule has 0 aliphatic carbocycles. The Labute approximate surface area is 79.0 Å². The molecule has 1 nitrogen and oxygen atoms in total. The van der Waals surface area contributed by atoms with Gasteiger partial charge in [0, 0.05) is 5.56 Å². The second kappa shape index (κ2) is 4.48. The summed E-state index contributed by atoms with van der Waals surface area (Å²) >= 11 is -0.335. The average molecular weight is 204 g/mol. The lowest BCUT2D eigenvalue weighted by Crippen LogP contribution is -1.98. The Hall–Kier alpha value is -0.740. The van der Waals surface area contributed by atoms with E-state index in [0.29, 0.717) is 5.56 Å². The van der Waals surface area contributed by atoms with E-state index in [1.165, 1.54) is 0 Å². The molecule has 1 aromatic carbocycles. The highest BCUT2D eigenvalue weighted by Crippen LogP contribution is 2.11. The molecule has 0 spiro atoms. The predicted octanol–water partition coefficient (Wildman–Crippen LogP) is 2.72. The summed E-state index contributed by atoms with van der Waals surface area (Å²) in [5.74, 6) is -2.53. The Morgan fingerprint density at radius 3 is 2.69 bits per heavy atom. The summed E-state index contributed by atoms with van der Waals surface area (Å²) in [5, 5.41) is 8.96. The van der Waals surface area contributed by atoms with Crippen LogP contribution in [0.3, 0.4) is 0 Å². The van der Waals surface area contributed by atoms with Gasteiger partial charge in [-0.25, -0.2) is 0 Å². The number of hydrogen-bond acceptors (Lipinski definition) is 0. The van der Waals surface area contributed by atoms with Crippen LogP contribution in [0.25, 0.3) is 0 Å². The Morgan fingerprint density at radius 1 is 1.46 bits per heavy atom. The van der Waals surface area contributed by atoms with Crippen LogP contribution in [0.4, 0.5) is 8.78 Å². The Kier molecular flexibility index (Phi) is 3.57. The van der Waals surface area contributed by atoms with Crippen molar-refractivity contribution in [2.45, 2.75) is 12.7 Å². The summed E-state index contributed by atoms with van der Waals surface area (Å²) < 4.78 is 23.8. The fraction of sp³-hybridized carbons (Fsp3) is 0.222. The summed E-state index contributed by atoms with van der Waals surface area (Å²) in [7, 11) is 0. The van der Waals surface area contributed by atoms with Gasteiger partial charge in [0.25, 0.3) is 5.76 Å². The van der Waals surface area contributed by atoms with Crippen LogP contribution in [0.5, 0.6) is 0 Å². The van der Waals surface area contributed by atoms with Crippen LogP contribution in [-0.4, -0.2) is 15.9 Å². The Morgan fingerprint density at radius 2 is 2.15 bits per heavy atom. The van der Waals surface area contributed by atoms with Gasteiger partial charge < -0.3 is 5.11 Å². The van der Waals surface area contributed by atoms with Crippen molar-refractivity contribution < 1.29 is 13.9 Å². The predicted molar refractivity (Wildman–Crippen MR) is 52.9 cm³/mol. The maximum Gasteiger partial charge on any atom is 0.279 e. The summed E-state index contributed by atoms with van der Waals surface area (Å²) in [5.41, 5.74) is 1.40. The molecule has 0 unspecified atom stereocenters. The van der Waals surface area contributed by atoms with Crippen LogP contribution < -0.4 is 0 Å². The fourth-order valence-electron chi connectivity index (χ4n) is 0.951. The van der Waals surface area contributed by atoms with Crippen LogP contribution in [-0.2, 0) is 0 Å². The summed E-state index contributed by atoms with van der Waals surface area (Å²) in [6, 6.07) is 6.85. The highest BCUT2D eigenvalue weighted by Gasteiger charge is 2.01. The van der Waals surface area contributed by atoms with Crippen LogP contribution in [0, 0.1) is 6.92 Å². The smallest absolute Gasteiger partial charge is 0.279 e. The van der Waals surface area contributed by atoms with Crippen molar-refractivity contribution in [1.29, 1.82) is 0 Å². The molecule has 0 aliphatic heterocycles. The van der Waals surface area contributed by atoms with Crippen molar-refractivity contribution in [3.63, 3.8) is 0 Å². The van der Waals surface area contributed by atoms with E-state index in [1.807, 2.05) is 13.0 Å². The number of thiol groups is 1. The molecule has 0 radical (unpaired) electrons. The standard InChI is InChI=1S/C9H10F2OS/c1-6-3-2-4-7(5-6)8(12)13-9(10)11/h2-5,9,12-13H,1H3. The largest absolute Gasteiger partial charge is 0.355 e. The van der Waals surface area contributed by atoms with E-state index in [1.54, 1.807) is 18.2 Å². The topological polar surface area (TPSA) is 20.2 Å². The van der Waals surface area contributed by atoms with E-state index in [2.05, 4.69) is 0 Å². The van der Waals surface area contributed by atoms with Gasteiger partial charge in [0.15, 0.2) is 0 Å². The Bertz CT molecular complexity index is 323. The minimum atomic E-state index is -2.53. The lowest BCUT2D eigenvalue weighted by molar-refractivity contribution is 0.254. The van der Waals surface area contributed by atoms with Gasteiger partial charge in [0.2, 0.25) is 0 Å². The van der Waals surface area contributed by atoms with Gasteiger partial charge in [-0.3, -0.25) is 0 Å². The molecule has 0 saturated heterocycles. The minimum Gasteiger partial charge on any atom is -0.355 e. The number of benzene rings is 1. The summed E-state index contributed by atoms with van der Waals surface area (Å²) in [6.07, 6.45) is 0. The molecule has 4 heteroatoms. The van der Waals surface area contributed by atoms with Crippen LogP contribution in [0.2, 0.25) is 0 Å². The lowest BCUT2D eigenvalue weighted by Gasteiger charge is -2.01. The Balaban J connectivity index is 2.95. The number of hydrogen-bond donors (Lipinski definition) is 2. The number of aryl methyl sites for hydroxylation is 1. The molecule has 0 aliphatic rings. The minimum absolute atomic E-state index is 0.279. The van der Waals surface area contributed by atoms with E-state index < -0.39 is 5.76 Å². The van der Waals surface area contributed by atoms with Crippen LogP contribution in [0.15, 0.2) is 24.3 Å². The molecule has 0 aromatic heterocycles. The normalized spacial score (nSPS) is 12.8. The zero-order valence-corrected chi connectivity index (χ0v) is 7.93. The highest BCUT2D eigenvalue weighted by molar-refractivity contribution is 7.99. The second-order valence-corrected chi connectivity index (χ2v) is 3.67. The van der Waals surface area contributed by atoms with Gasteiger partial charge in [0.1, 0.15) is 5.05 Å². The number of aliphatic hydroxyl groups excluding tert-OH is 1. The third kappa shape index (κ3) is 3.24. The number of rotatable bonds is 2. The molecule has 0 fully saturated rings. The van der Waals surface area contributed by atoms with Gasteiger partial charge in [-0.05, 0) is 13.0 Å². The summed E-state index contributed by atoms with van der Waals surface area (Å²) in [4.78, 5) is 0. The molecule has 0 bridgehead atoms. The van der Waals surface area contributed by atoms with Crippen molar-refractivity contribution in [1.82, 2.24) is 0 Å². The van der Waals surface area contributed by atoms with E-state index >= 15 is 0 Å². The molecule has 1 rings (SSSR count). The van der Waals surface area contributed by atoms with Crippen LogP contribution >= 0.6 is 11.4 Å². The first-order valence-corrected chi connectivity index (χ1v) is 4.68. The molecule has 13 heavy (non-hydrogen) atoms. The van der Waals surface area contributed by atoms with Gasteiger partial charge in [-0.1, -0.05) is 23.8 Å². The zero-order chi connectivity index (χ0) is 9.84. The number of aliphatic hydroxyl groups is 1. The quantitative estimate of drug-likeness (QED) is 0.560. The first-order valence-electron chi connectivity index (χ1n) is 3.71. The molecule has 0 amide bonds. The van der Waals surface area contributed by atoms with E-state index in [-0.39, 0.29) is 16.4 Å². The fourth-order valence-corrected chi connectivity index (χ4v) is 1.42. The van der Waals surface area contributed by atoms with Gasteiger partial charge in [-0.2, -0.15) is 8.78 Å². The molecular weight excluding hydrogens is 194 g/mol. The van der Waals surface area contributed by atoms with Crippen molar-refractivity contribution in [2.24, 2.45) is 0 Å². The van der Waals surface area contributed by atoms with Crippen LogP contribution in [0.1, 0.15) is 11.1 Å². The maximum atomic E-state index is 11.9. The lowest BCUT2D eigenvalue weighted by atomic mass is 10.1. The third-order valence-electron chi connectivity index (χ3n) is 1.50. The maximum absolute atomic E-state index is 11.9. The first-order chi connectivity index (χ1) is 6.09. The molecule has 0 saturated carbocycles. The third-order valence-corrected chi connectivity index (χ3v) is 2.19. The van der Waals surface area contributed by atoms with E-state index in [0.717, 1.165) is 5.56 Å². The van der Waals surface area contributed by atoms with Crippen molar-refractivity contribution in [3.8, 4) is 0 Å². The van der Waals surface area contributed by atoms with Crippen molar-refractivity contribution in [2.75, 3.05) is 0 Å². The number of halogens is 2. The monoisotopic (exact) mass is 204 g/mol. The van der Waals surface area contributed by atoms with E-state index in [4.69, 9.17) is 0 Å². The number of alkyl halides is 2. The van der Waals surface area contributed by atoms with Gasteiger partial charge in [-0.15, -0.1) is 11.4 Å². The zero-order valence-electron chi connectivity index (χ0n) is 7.04. The highest BCUT2D eigenvalue weighted by atomic mass is 32.1. The molecule has 72 valence electrons. The summed E-state index contributed by atoms with van der Waals surface area (Å²) in [6.45, 7) is 1.84. The SMILES string of the molecule is Cc1cccc(C(O)=[SH]C(F)F)c1. The molecule has 0 heterocycles. The second-order valence-electron chi connectivity index (χ2n) is 2.60. The molecule has 1 aromatic rings. The molecular formula is C9H10F2OS. The molecule has 1 N–H and O–H groups in total. The van der Waals surface area contributed by atoms with E-state index in [9.17, 15) is 13.9 Å². The molecule has 0 atom stereocenters. The average Bonchev–Trinajstić information content (AvgIpc) is 2.03. The van der Waals surface area contributed by atoms with Crippen molar-refractivity contribution in [3.05, 3.63) is 35.4 Å².